The minimum absolute atomic E-state index is 0.242. The van der Waals surface area contributed by atoms with Gasteiger partial charge >= 0.3 is 5.97 Å². The highest BCUT2D eigenvalue weighted by Gasteiger charge is 2.22. The second-order valence-corrected chi connectivity index (χ2v) is 5.03. The fraction of sp³-hybridized carbons (Fsp3) is 0.222. The molecule has 0 aromatic heterocycles. The van der Waals surface area contributed by atoms with Crippen LogP contribution in [0.15, 0.2) is 54.6 Å². The van der Waals surface area contributed by atoms with E-state index in [1.54, 1.807) is 31.2 Å². The first-order valence-corrected chi connectivity index (χ1v) is 7.46. The van der Waals surface area contributed by atoms with E-state index in [1.807, 2.05) is 37.3 Å². The molecule has 2 aromatic carbocycles. The summed E-state index contributed by atoms with van der Waals surface area (Å²) in [7, 11) is 0. The first kappa shape index (κ1) is 16.5. The lowest BCUT2D eigenvalue weighted by Crippen LogP contribution is -2.47. The number of esters is 1. The van der Waals surface area contributed by atoms with E-state index in [0.717, 1.165) is 11.3 Å². The molecule has 0 saturated heterocycles. The first-order valence-electron chi connectivity index (χ1n) is 7.46. The zero-order valence-electron chi connectivity index (χ0n) is 13.2. The molecule has 23 heavy (non-hydrogen) atoms. The molecule has 0 aliphatic heterocycles. The van der Waals surface area contributed by atoms with Gasteiger partial charge in [-0.3, -0.25) is 4.79 Å². The van der Waals surface area contributed by atoms with Crippen molar-refractivity contribution in [1.82, 2.24) is 5.32 Å². The molecule has 120 valence electrons. The smallest absolute Gasteiger partial charge is 0.349 e. The number of nitrogens with one attached hydrogen (secondary N) is 2. The minimum atomic E-state index is -0.953. The highest BCUT2D eigenvalue weighted by atomic mass is 16.5. The molecule has 2 aromatic rings. The third-order valence-electron chi connectivity index (χ3n) is 3.20. The summed E-state index contributed by atoms with van der Waals surface area (Å²) in [5.74, 6) is -0.874. The van der Waals surface area contributed by atoms with E-state index in [2.05, 4.69) is 10.6 Å². The molecule has 0 aliphatic rings. The average Bonchev–Trinajstić information content (AvgIpc) is 2.57. The van der Waals surface area contributed by atoms with Gasteiger partial charge in [-0.25, -0.2) is 4.79 Å². The Morgan fingerprint density at radius 2 is 1.70 bits per heavy atom. The SMILES string of the molecule is CCOC(=O)C(NC(=O)c1ccccc1)Nc1ccc(C)cc1. The van der Waals surface area contributed by atoms with Gasteiger partial charge in [-0.1, -0.05) is 35.9 Å². The van der Waals surface area contributed by atoms with Gasteiger partial charge < -0.3 is 15.4 Å². The molecule has 1 atom stereocenters. The summed E-state index contributed by atoms with van der Waals surface area (Å²) in [6, 6.07) is 16.2. The molecule has 0 heterocycles. The number of amides is 1. The van der Waals surface area contributed by atoms with E-state index in [9.17, 15) is 9.59 Å². The second-order valence-electron chi connectivity index (χ2n) is 5.03. The maximum Gasteiger partial charge on any atom is 0.349 e. The van der Waals surface area contributed by atoms with E-state index in [0.29, 0.717) is 5.56 Å². The van der Waals surface area contributed by atoms with E-state index in [-0.39, 0.29) is 12.5 Å². The standard InChI is InChI=1S/C18H20N2O3/c1-3-23-18(22)16(19-15-11-9-13(2)10-12-15)20-17(21)14-7-5-4-6-8-14/h4-12,16,19H,3H2,1-2H3,(H,20,21). The molecular weight excluding hydrogens is 292 g/mol. The molecule has 5 nitrogen and oxygen atoms in total. The van der Waals surface area contributed by atoms with Crippen molar-refractivity contribution in [3.05, 3.63) is 65.7 Å². The Labute approximate surface area is 135 Å². The molecule has 2 N–H and O–H groups in total. The Morgan fingerprint density at radius 3 is 2.30 bits per heavy atom. The average molecular weight is 312 g/mol. The summed E-state index contributed by atoms with van der Waals surface area (Å²) in [4.78, 5) is 24.3. The zero-order valence-corrected chi connectivity index (χ0v) is 13.2. The molecule has 1 amide bonds. The van der Waals surface area contributed by atoms with Crippen molar-refractivity contribution in [2.24, 2.45) is 0 Å². The highest BCUT2D eigenvalue weighted by Crippen LogP contribution is 2.10. The van der Waals surface area contributed by atoms with Crippen molar-refractivity contribution >= 4 is 17.6 Å². The lowest BCUT2D eigenvalue weighted by molar-refractivity contribution is -0.144. The van der Waals surface area contributed by atoms with Gasteiger partial charge in [0, 0.05) is 11.3 Å². The number of hydrogen-bond acceptors (Lipinski definition) is 4. The van der Waals surface area contributed by atoms with Crippen molar-refractivity contribution in [2.45, 2.75) is 20.0 Å². The van der Waals surface area contributed by atoms with Gasteiger partial charge in [-0.2, -0.15) is 0 Å². The van der Waals surface area contributed by atoms with Gasteiger partial charge in [0.1, 0.15) is 0 Å². The number of carbonyl (C=O) groups is 2. The Balaban J connectivity index is 2.12. The fourth-order valence-corrected chi connectivity index (χ4v) is 2.00. The Morgan fingerprint density at radius 1 is 1.04 bits per heavy atom. The minimum Gasteiger partial charge on any atom is -0.463 e. The largest absolute Gasteiger partial charge is 0.463 e. The number of carbonyl (C=O) groups excluding carboxylic acids is 2. The van der Waals surface area contributed by atoms with Crippen molar-refractivity contribution in [2.75, 3.05) is 11.9 Å². The summed E-state index contributed by atoms with van der Waals surface area (Å²) in [5, 5.41) is 5.64. The van der Waals surface area contributed by atoms with Crippen LogP contribution >= 0.6 is 0 Å². The second kappa shape index (κ2) is 7.98. The van der Waals surface area contributed by atoms with Gasteiger partial charge in [0.2, 0.25) is 0 Å². The van der Waals surface area contributed by atoms with Gasteiger partial charge in [-0.15, -0.1) is 0 Å². The molecule has 2 rings (SSSR count). The Bertz CT molecular complexity index is 654. The number of rotatable bonds is 6. The molecule has 5 heteroatoms. The van der Waals surface area contributed by atoms with Crippen LogP contribution in [-0.2, 0) is 9.53 Å². The third kappa shape index (κ3) is 4.85. The van der Waals surface area contributed by atoms with Gasteiger partial charge in [0.25, 0.3) is 5.91 Å². The molecule has 0 aliphatic carbocycles. The number of hydrogen-bond donors (Lipinski definition) is 2. The maximum absolute atomic E-state index is 12.2. The lowest BCUT2D eigenvalue weighted by Gasteiger charge is -2.20. The molecule has 0 fully saturated rings. The van der Waals surface area contributed by atoms with Gasteiger partial charge in [0.15, 0.2) is 6.17 Å². The van der Waals surface area contributed by atoms with Gasteiger partial charge in [-0.05, 0) is 38.1 Å². The monoisotopic (exact) mass is 312 g/mol. The van der Waals surface area contributed by atoms with Crippen LogP contribution in [0.4, 0.5) is 5.69 Å². The summed E-state index contributed by atoms with van der Waals surface area (Å²) >= 11 is 0. The highest BCUT2D eigenvalue weighted by molar-refractivity contribution is 5.97. The van der Waals surface area contributed by atoms with E-state index in [1.165, 1.54) is 0 Å². The van der Waals surface area contributed by atoms with Crippen molar-refractivity contribution < 1.29 is 14.3 Å². The summed E-state index contributed by atoms with van der Waals surface area (Å²) in [6.07, 6.45) is -0.953. The number of ether oxygens (including phenoxy) is 1. The van der Waals surface area contributed by atoms with Gasteiger partial charge in [0.05, 0.1) is 6.61 Å². The van der Waals surface area contributed by atoms with Crippen LogP contribution in [0.25, 0.3) is 0 Å². The molecule has 1 unspecified atom stereocenters. The first-order chi connectivity index (χ1) is 11.1. The van der Waals surface area contributed by atoms with Crippen molar-refractivity contribution in [3.63, 3.8) is 0 Å². The number of aryl methyl sites for hydroxylation is 1. The zero-order chi connectivity index (χ0) is 16.7. The molecule has 0 spiro atoms. The molecule has 0 radical (unpaired) electrons. The molecule has 0 bridgehead atoms. The van der Waals surface area contributed by atoms with Crippen molar-refractivity contribution in [1.29, 1.82) is 0 Å². The summed E-state index contributed by atoms with van der Waals surface area (Å²) in [6.45, 7) is 3.94. The summed E-state index contributed by atoms with van der Waals surface area (Å²) < 4.78 is 5.02. The van der Waals surface area contributed by atoms with Crippen molar-refractivity contribution in [3.8, 4) is 0 Å². The number of benzene rings is 2. The fourth-order valence-electron chi connectivity index (χ4n) is 2.00. The Hall–Kier alpha value is -2.82. The van der Waals surface area contributed by atoms with Crippen LogP contribution in [-0.4, -0.2) is 24.6 Å². The quantitative estimate of drug-likeness (QED) is 0.636. The predicted molar refractivity (Wildman–Crippen MR) is 89.1 cm³/mol. The lowest BCUT2D eigenvalue weighted by atomic mass is 10.2. The third-order valence-corrected chi connectivity index (χ3v) is 3.20. The van der Waals surface area contributed by atoms with Crippen LogP contribution in [0.1, 0.15) is 22.8 Å². The van der Waals surface area contributed by atoms with Crippen LogP contribution in [0.3, 0.4) is 0 Å². The summed E-state index contributed by atoms with van der Waals surface area (Å²) in [5.41, 5.74) is 2.31. The van der Waals surface area contributed by atoms with Crippen LogP contribution in [0.5, 0.6) is 0 Å². The molecular formula is C18H20N2O3. The Kier molecular flexibility index (Phi) is 5.74. The van der Waals surface area contributed by atoms with E-state index in [4.69, 9.17) is 4.74 Å². The van der Waals surface area contributed by atoms with E-state index >= 15 is 0 Å². The van der Waals surface area contributed by atoms with E-state index < -0.39 is 12.1 Å². The van der Waals surface area contributed by atoms with Crippen LogP contribution in [0, 0.1) is 6.92 Å². The van der Waals surface area contributed by atoms with Crippen LogP contribution < -0.4 is 10.6 Å². The normalized spacial score (nSPS) is 11.4. The number of anilines is 1. The topological polar surface area (TPSA) is 67.4 Å². The van der Waals surface area contributed by atoms with Crippen LogP contribution in [0.2, 0.25) is 0 Å². The molecule has 0 saturated carbocycles. The predicted octanol–water partition coefficient (Wildman–Crippen LogP) is 2.73. The maximum atomic E-state index is 12.2.